The topological polar surface area (TPSA) is 68.1 Å². The molecule has 0 aliphatic heterocycles. The third-order valence-electron chi connectivity index (χ3n) is 2.27. The highest BCUT2D eigenvalue weighted by Gasteiger charge is 2.20. The summed E-state index contributed by atoms with van der Waals surface area (Å²) in [5, 5.41) is 14.1. The second kappa shape index (κ2) is 5.55. The van der Waals surface area contributed by atoms with Crippen LogP contribution < -0.4 is 5.32 Å². The van der Waals surface area contributed by atoms with Gasteiger partial charge in [-0.05, 0) is 20.1 Å². The van der Waals surface area contributed by atoms with Crippen LogP contribution in [0.25, 0.3) is 0 Å². The number of nitro groups is 1. The fraction of sp³-hybridized carbons (Fsp3) is 0.500. The Morgan fingerprint density at radius 2 is 2.29 bits per heavy atom. The van der Waals surface area contributed by atoms with Crippen molar-refractivity contribution in [2.24, 2.45) is 0 Å². The summed E-state index contributed by atoms with van der Waals surface area (Å²) < 4.78 is -0.0187. The van der Waals surface area contributed by atoms with Crippen LogP contribution in [0.5, 0.6) is 0 Å². The number of anilines is 1. The molecule has 0 spiro atoms. The molecule has 0 bridgehead atoms. The van der Waals surface area contributed by atoms with E-state index in [9.17, 15) is 10.1 Å². The standard InChI is InChI=1S/C10H14ClN3O2S/c1-10(2,17-3)6-13-9-8(14(15)16)4-7(11)5-12-9/h4-5H,6H2,1-3H3,(H,12,13). The van der Waals surface area contributed by atoms with E-state index < -0.39 is 4.92 Å². The van der Waals surface area contributed by atoms with Crippen LogP contribution in [0, 0.1) is 10.1 Å². The Bertz CT molecular complexity index is 426. The van der Waals surface area contributed by atoms with Gasteiger partial charge in [-0.1, -0.05) is 11.6 Å². The highest BCUT2D eigenvalue weighted by atomic mass is 35.5. The molecule has 0 saturated carbocycles. The largest absolute Gasteiger partial charge is 0.363 e. The number of rotatable bonds is 5. The summed E-state index contributed by atoms with van der Waals surface area (Å²) >= 11 is 7.36. The Morgan fingerprint density at radius 1 is 1.65 bits per heavy atom. The summed E-state index contributed by atoms with van der Waals surface area (Å²) in [6.07, 6.45) is 3.38. The minimum atomic E-state index is -0.493. The highest BCUT2D eigenvalue weighted by molar-refractivity contribution is 7.99. The van der Waals surface area contributed by atoms with Crippen molar-refractivity contribution in [1.29, 1.82) is 0 Å². The van der Waals surface area contributed by atoms with Crippen LogP contribution in [0.1, 0.15) is 13.8 Å². The zero-order valence-electron chi connectivity index (χ0n) is 9.86. The molecule has 1 N–H and O–H groups in total. The van der Waals surface area contributed by atoms with Gasteiger partial charge in [0.1, 0.15) is 0 Å². The van der Waals surface area contributed by atoms with Crippen molar-refractivity contribution in [3.05, 3.63) is 27.4 Å². The Balaban J connectivity index is 2.88. The van der Waals surface area contributed by atoms with Gasteiger partial charge in [-0.2, -0.15) is 11.8 Å². The minimum absolute atomic E-state index is 0.0187. The molecule has 0 radical (unpaired) electrons. The lowest BCUT2D eigenvalue weighted by Crippen LogP contribution is -2.26. The lowest BCUT2D eigenvalue weighted by atomic mass is 10.2. The van der Waals surface area contributed by atoms with Crippen molar-refractivity contribution in [3.63, 3.8) is 0 Å². The number of halogens is 1. The number of hydrogen-bond acceptors (Lipinski definition) is 5. The van der Waals surface area contributed by atoms with Crippen molar-refractivity contribution in [3.8, 4) is 0 Å². The molecule has 17 heavy (non-hydrogen) atoms. The van der Waals surface area contributed by atoms with Gasteiger partial charge in [-0.25, -0.2) is 4.98 Å². The van der Waals surface area contributed by atoms with E-state index in [-0.39, 0.29) is 21.3 Å². The Morgan fingerprint density at radius 3 is 2.82 bits per heavy atom. The molecular formula is C10H14ClN3O2S. The van der Waals surface area contributed by atoms with Crippen LogP contribution in [-0.4, -0.2) is 27.5 Å². The Labute approximate surface area is 109 Å². The molecule has 0 saturated heterocycles. The van der Waals surface area contributed by atoms with Crippen LogP contribution in [0.3, 0.4) is 0 Å². The monoisotopic (exact) mass is 275 g/mol. The molecule has 5 nitrogen and oxygen atoms in total. The van der Waals surface area contributed by atoms with Gasteiger partial charge in [-0.3, -0.25) is 10.1 Å². The van der Waals surface area contributed by atoms with E-state index >= 15 is 0 Å². The number of nitrogens with zero attached hydrogens (tertiary/aromatic N) is 2. The van der Waals surface area contributed by atoms with E-state index in [1.807, 2.05) is 20.1 Å². The van der Waals surface area contributed by atoms with Crippen LogP contribution in [-0.2, 0) is 0 Å². The van der Waals surface area contributed by atoms with Crippen LogP contribution >= 0.6 is 23.4 Å². The lowest BCUT2D eigenvalue weighted by Gasteiger charge is -2.22. The molecule has 0 aliphatic carbocycles. The first-order valence-electron chi connectivity index (χ1n) is 4.95. The van der Waals surface area contributed by atoms with Crippen LogP contribution in [0.15, 0.2) is 12.3 Å². The van der Waals surface area contributed by atoms with E-state index in [1.165, 1.54) is 12.3 Å². The molecule has 7 heteroatoms. The number of hydrogen-bond donors (Lipinski definition) is 1. The average molecular weight is 276 g/mol. The summed E-state index contributed by atoms with van der Waals surface area (Å²) in [7, 11) is 0. The highest BCUT2D eigenvalue weighted by Crippen LogP contribution is 2.27. The average Bonchev–Trinajstić information content (AvgIpc) is 2.27. The smallest absolute Gasteiger partial charge is 0.312 e. The van der Waals surface area contributed by atoms with Crippen molar-refractivity contribution < 1.29 is 4.92 Å². The van der Waals surface area contributed by atoms with Gasteiger partial charge in [-0.15, -0.1) is 0 Å². The number of aromatic nitrogens is 1. The molecule has 0 unspecified atom stereocenters. The van der Waals surface area contributed by atoms with Crippen molar-refractivity contribution >= 4 is 34.9 Å². The van der Waals surface area contributed by atoms with Crippen molar-refractivity contribution in [2.45, 2.75) is 18.6 Å². The number of pyridine rings is 1. The zero-order valence-corrected chi connectivity index (χ0v) is 11.4. The maximum absolute atomic E-state index is 10.8. The molecule has 94 valence electrons. The first-order valence-corrected chi connectivity index (χ1v) is 6.55. The van der Waals surface area contributed by atoms with Gasteiger partial charge in [0.2, 0.25) is 5.82 Å². The Kier molecular flexibility index (Phi) is 4.59. The van der Waals surface area contributed by atoms with Crippen LogP contribution in [0.4, 0.5) is 11.5 Å². The number of thioether (sulfide) groups is 1. The third kappa shape index (κ3) is 4.05. The van der Waals surface area contributed by atoms with Gasteiger partial charge >= 0.3 is 5.69 Å². The summed E-state index contributed by atoms with van der Waals surface area (Å²) in [5.41, 5.74) is -0.102. The summed E-state index contributed by atoms with van der Waals surface area (Å²) in [4.78, 5) is 14.3. The summed E-state index contributed by atoms with van der Waals surface area (Å²) in [6.45, 7) is 4.68. The maximum atomic E-state index is 10.8. The molecule has 1 aromatic heterocycles. The van der Waals surface area contributed by atoms with E-state index in [0.29, 0.717) is 6.54 Å². The zero-order chi connectivity index (χ0) is 13.1. The molecule has 0 fully saturated rings. The second-order valence-corrected chi connectivity index (χ2v) is 6.05. The predicted octanol–water partition coefficient (Wildman–Crippen LogP) is 3.20. The molecule has 0 aliphatic rings. The fourth-order valence-corrected chi connectivity index (χ4v) is 1.44. The molecule has 1 heterocycles. The predicted molar refractivity (Wildman–Crippen MR) is 72.0 cm³/mol. The summed E-state index contributed by atoms with van der Waals surface area (Å²) in [6, 6.07) is 1.29. The van der Waals surface area contributed by atoms with Crippen LogP contribution in [0.2, 0.25) is 5.02 Å². The Hall–Kier alpha value is -1.01. The molecule has 1 aromatic rings. The van der Waals surface area contributed by atoms with Crippen molar-refractivity contribution in [2.75, 3.05) is 18.1 Å². The lowest BCUT2D eigenvalue weighted by molar-refractivity contribution is -0.384. The van der Waals surface area contributed by atoms with Gasteiger partial charge in [0.25, 0.3) is 0 Å². The second-order valence-electron chi connectivity index (χ2n) is 4.10. The molecule has 0 aromatic carbocycles. The van der Waals surface area contributed by atoms with E-state index in [0.717, 1.165) is 0 Å². The minimum Gasteiger partial charge on any atom is -0.363 e. The van der Waals surface area contributed by atoms with Gasteiger partial charge < -0.3 is 5.32 Å². The van der Waals surface area contributed by atoms with Gasteiger partial charge in [0, 0.05) is 23.6 Å². The molecular weight excluding hydrogens is 262 g/mol. The third-order valence-corrected chi connectivity index (χ3v) is 3.72. The van der Waals surface area contributed by atoms with E-state index in [1.54, 1.807) is 11.8 Å². The first-order chi connectivity index (χ1) is 7.85. The van der Waals surface area contributed by atoms with Gasteiger partial charge in [0.15, 0.2) is 0 Å². The SMILES string of the molecule is CSC(C)(C)CNc1ncc(Cl)cc1[N+](=O)[O-]. The summed E-state index contributed by atoms with van der Waals surface area (Å²) in [5.74, 6) is 0.251. The fourth-order valence-electron chi connectivity index (χ4n) is 1.07. The first kappa shape index (κ1) is 14.1. The van der Waals surface area contributed by atoms with E-state index in [4.69, 9.17) is 11.6 Å². The molecule has 0 amide bonds. The molecule has 1 rings (SSSR count). The quantitative estimate of drug-likeness (QED) is 0.660. The normalized spacial score (nSPS) is 11.3. The van der Waals surface area contributed by atoms with E-state index in [2.05, 4.69) is 10.3 Å². The maximum Gasteiger partial charge on any atom is 0.312 e. The van der Waals surface area contributed by atoms with Crippen molar-refractivity contribution in [1.82, 2.24) is 4.98 Å². The molecule has 0 atom stereocenters. The number of nitrogens with one attached hydrogen (secondary N) is 1. The van der Waals surface area contributed by atoms with Gasteiger partial charge in [0.05, 0.1) is 9.95 Å².